The monoisotopic (exact) mass is 369 g/mol. The fourth-order valence-corrected chi connectivity index (χ4v) is 3.37. The molecule has 0 spiro atoms. The number of thiophene rings is 1. The maximum Gasteiger partial charge on any atom is 0.265 e. The molecular formula is C20H23N3O2S. The van der Waals surface area contributed by atoms with E-state index in [0.29, 0.717) is 11.5 Å². The van der Waals surface area contributed by atoms with Gasteiger partial charge in [0.25, 0.3) is 5.91 Å². The summed E-state index contributed by atoms with van der Waals surface area (Å²) in [6.45, 7) is 9.19. The van der Waals surface area contributed by atoms with Crippen LogP contribution in [0.15, 0.2) is 35.8 Å². The minimum atomic E-state index is -0.119. The summed E-state index contributed by atoms with van der Waals surface area (Å²) < 4.78 is 7.72. The quantitative estimate of drug-likeness (QED) is 0.684. The summed E-state index contributed by atoms with van der Waals surface area (Å²) in [4.78, 5) is 13.1. The van der Waals surface area contributed by atoms with E-state index in [1.165, 1.54) is 16.9 Å². The number of hydrogen-bond donors (Lipinski definition) is 1. The summed E-state index contributed by atoms with van der Waals surface area (Å²) in [6.07, 6.45) is 1.85. The summed E-state index contributed by atoms with van der Waals surface area (Å²) in [5.74, 6) is 0.761. The first-order chi connectivity index (χ1) is 12.5. The molecule has 0 unspecified atom stereocenters. The Bertz CT molecular complexity index is 927. The van der Waals surface area contributed by atoms with Crippen molar-refractivity contribution >= 4 is 22.9 Å². The van der Waals surface area contributed by atoms with Gasteiger partial charge in [-0.05, 0) is 56.3 Å². The van der Waals surface area contributed by atoms with Gasteiger partial charge in [0.15, 0.2) is 0 Å². The van der Waals surface area contributed by atoms with Gasteiger partial charge in [0, 0.05) is 18.3 Å². The maximum atomic E-state index is 12.5. The number of carbonyl (C=O) groups is 1. The van der Waals surface area contributed by atoms with E-state index in [0.717, 1.165) is 34.8 Å². The number of aryl methyl sites for hydroxylation is 4. The second kappa shape index (κ2) is 7.74. The largest absolute Gasteiger partial charge is 0.489 e. The Balaban J connectivity index is 1.64. The van der Waals surface area contributed by atoms with Crippen LogP contribution in [0.3, 0.4) is 0 Å². The number of nitrogens with one attached hydrogen (secondary N) is 1. The minimum Gasteiger partial charge on any atom is -0.489 e. The first-order valence-corrected chi connectivity index (χ1v) is 9.47. The molecule has 0 fully saturated rings. The molecule has 26 heavy (non-hydrogen) atoms. The Labute approximate surface area is 157 Å². The number of rotatable bonds is 6. The number of nitrogens with zero attached hydrogens (tertiary/aromatic N) is 2. The molecule has 2 heterocycles. The third-order valence-corrected chi connectivity index (χ3v) is 5.11. The number of amides is 1. The Kier molecular flexibility index (Phi) is 5.42. The summed E-state index contributed by atoms with van der Waals surface area (Å²) in [6, 6.07) is 8.03. The Morgan fingerprint density at radius 3 is 2.81 bits per heavy atom. The van der Waals surface area contributed by atoms with Crippen molar-refractivity contribution in [3.63, 3.8) is 0 Å². The Morgan fingerprint density at radius 1 is 1.27 bits per heavy atom. The fraction of sp³-hybridized carbons (Fsp3) is 0.300. The molecule has 0 saturated carbocycles. The zero-order valence-electron chi connectivity index (χ0n) is 15.5. The van der Waals surface area contributed by atoms with Gasteiger partial charge < -0.3 is 10.1 Å². The van der Waals surface area contributed by atoms with Crippen molar-refractivity contribution in [2.75, 3.05) is 5.32 Å². The molecule has 5 nitrogen and oxygen atoms in total. The highest BCUT2D eigenvalue weighted by atomic mass is 32.1. The van der Waals surface area contributed by atoms with Crippen molar-refractivity contribution in [2.24, 2.45) is 0 Å². The van der Waals surface area contributed by atoms with Gasteiger partial charge in [0.1, 0.15) is 12.4 Å². The van der Waals surface area contributed by atoms with Gasteiger partial charge in [-0.15, -0.1) is 11.3 Å². The van der Waals surface area contributed by atoms with E-state index >= 15 is 0 Å². The molecule has 0 aliphatic carbocycles. The van der Waals surface area contributed by atoms with Crippen LogP contribution in [0.2, 0.25) is 0 Å². The van der Waals surface area contributed by atoms with E-state index < -0.39 is 0 Å². The van der Waals surface area contributed by atoms with Crippen LogP contribution in [-0.2, 0) is 13.2 Å². The van der Waals surface area contributed by atoms with E-state index in [4.69, 9.17) is 4.74 Å². The molecule has 0 aliphatic heterocycles. The number of carbonyl (C=O) groups excluding carboxylic acids is 1. The smallest absolute Gasteiger partial charge is 0.265 e. The Morgan fingerprint density at radius 2 is 2.08 bits per heavy atom. The molecule has 3 rings (SSSR count). The molecule has 0 aliphatic rings. The number of ether oxygens (including phenoxy) is 1. The van der Waals surface area contributed by atoms with E-state index in [2.05, 4.69) is 22.5 Å². The van der Waals surface area contributed by atoms with Crippen LogP contribution in [0.25, 0.3) is 0 Å². The molecule has 1 N–H and O–H groups in total. The van der Waals surface area contributed by atoms with Gasteiger partial charge in [-0.2, -0.15) is 5.10 Å². The Hall–Kier alpha value is -2.60. The lowest BCUT2D eigenvalue weighted by molar-refractivity contribution is 0.103. The summed E-state index contributed by atoms with van der Waals surface area (Å²) in [5.41, 5.74) is 4.82. The molecule has 3 aromatic rings. The standard InChI is InChI=1S/C20H23N3O2S/c1-5-23-10-17(15(4)22-23)21-20(24)19-9-16(12-26-19)11-25-18-8-13(2)6-7-14(18)3/h6-10,12H,5,11H2,1-4H3,(H,21,24). The molecule has 0 radical (unpaired) electrons. The summed E-state index contributed by atoms with van der Waals surface area (Å²) in [5, 5.41) is 9.24. The first kappa shape index (κ1) is 18.2. The minimum absolute atomic E-state index is 0.119. The highest BCUT2D eigenvalue weighted by Crippen LogP contribution is 2.23. The average molecular weight is 369 g/mol. The van der Waals surface area contributed by atoms with Crippen LogP contribution in [0, 0.1) is 20.8 Å². The molecule has 0 saturated heterocycles. The zero-order valence-corrected chi connectivity index (χ0v) is 16.3. The summed E-state index contributed by atoms with van der Waals surface area (Å²) >= 11 is 1.42. The van der Waals surface area contributed by atoms with Crippen LogP contribution in [0.4, 0.5) is 5.69 Å². The third-order valence-electron chi connectivity index (χ3n) is 4.13. The molecule has 1 aromatic carbocycles. The lowest BCUT2D eigenvalue weighted by Gasteiger charge is -2.08. The molecule has 0 atom stereocenters. The zero-order chi connectivity index (χ0) is 18.7. The van der Waals surface area contributed by atoms with E-state index in [1.54, 1.807) is 0 Å². The van der Waals surface area contributed by atoms with Crippen molar-refractivity contribution in [3.05, 3.63) is 63.1 Å². The predicted octanol–water partition coefficient (Wildman–Crippen LogP) is 4.72. The molecule has 2 aromatic heterocycles. The average Bonchev–Trinajstić information content (AvgIpc) is 3.23. The van der Waals surface area contributed by atoms with Crippen LogP contribution >= 0.6 is 11.3 Å². The fourth-order valence-electron chi connectivity index (χ4n) is 2.58. The predicted molar refractivity (Wildman–Crippen MR) is 105 cm³/mol. The molecule has 136 valence electrons. The number of anilines is 1. The summed E-state index contributed by atoms with van der Waals surface area (Å²) in [7, 11) is 0. The van der Waals surface area contributed by atoms with Gasteiger partial charge in [-0.25, -0.2) is 0 Å². The van der Waals surface area contributed by atoms with E-state index in [9.17, 15) is 4.79 Å². The first-order valence-electron chi connectivity index (χ1n) is 8.59. The van der Waals surface area contributed by atoms with Crippen LogP contribution in [-0.4, -0.2) is 15.7 Å². The molecule has 0 bridgehead atoms. The maximum absolute atomic E-state index is 12.5. The lowest BCUT2D eigenvalue weighted by atomic mass is 10.1. The highest BCUT2D eigenvalue weighted by Gasteiger charge is 2.13. The molecule has 6 heteroatoms. The topological polar surface area (TPSA) is 56.2 Å². The van der Waals surface area contributed by atoms with Crippen LogP contribution in [0.1, 0.15) is 39.0 Å². The molecule has 1 amide bonds. The normalized spacial score (nSPS) is 10.8. The van der Waals surface area contributed by atoms with Crippen LogP contribution < -0.4 is 10.1 Å². The van der Waals surface area contributed by atoms with Crippen molar-refractivity contribution in [2.45, 2.75) is 40.8 Å². The SMILES string of the molecule is CCn1cc(NC(=O)c2cc(COc3cc(C)ccc3C)cs2)c(C)n1. The molecular weight excluding hydrogens is 346 g/mol. The van der Waals surface area contributed by atoms with E-state index in [1.807, 2.05) is 56.1 Å². The number of benzene rings is 1. The van der Waals surface area contributed by atoms with Gasteiger partial charge in [0.05, 0.1) is 16.3 Å². The second-order valence-electron chi connectivity index (χ2n) is 6.31. The van der Waals surface area contributed by atoms with Gasteiger partial charge in [-0.3, -0.25) is 9.48 Å². The van der Waals surface area contributed by atoms with Gasteiger partial charge in [0.2, 0.25) is 0 Å². The van der Waals surface area contributed by atoms with Gasteiger partial charge in [-0.1, -0.05) is 12.1 Å². The highest BCUT2D eigenvalue weighted by molar-refractivity contribution is 7.12. The van der Waals surface area contributed by atoms with Crippen molar-refractivity contribution in [1.29, 1.82) is 0 Å². The number of aromatic nitrogens is 2. The van der Waals surface area contributed by atoms with Gasteiger partial charge >= 0.3 is 0 Å². The van der Waals surface area contributed by atoms with Crippen LogP contribution in [0.5, 0.6) is 5.75 Å². The lowest BCUT2D eigenvalue weighted by Crippen LogP contribution is -2.10. The second-order valence-corrected chi connectivity index (χ2v) is 7.23. The number of hydrogen-bond acceptors (Lipinski definition) is 4. The van der Waals surface area contributed by atoms with E-state index in [-0.39, 0.29) is 5.91 Å². The van der Waals surface area contributed by atoms with Crippen molar-refractivity contribution in [1.82, 2.24) is 9.78 Å². The third kappa shape index (κ3) is 4.14. The van der Waals surface area contributed by atoms with Crippen molar-refractivity contribution in [3.8, 4) is 5.75 Å². The van der Waals surface area contributed by atoms with Crippen molar-refractivity contribution < 1.29 is 9.53 Å².